The van der Waals surface area contributed by atoms with Gasteiger partial charge in [0.1, 0.15) is 0 Å². The van der Waals surface area contributed by atoms with Crippen molar-refractivity contribution in [1.82, 2.24) is 5.32 Å². The molecule has 1 heterocycles. The van der Waals surface area contributed by atoms with Crippen molar-refractivity contribution in [2.75, 3.05) is 13.7 Å². The van der Waals surface area contributed by atoms with Crippen molar-refractivity contribution in [3.63, 3.8) is 0 Å². The Morgan fingerprint density at radius 3 is 2.63 bits per heavy atom. The van der Waals surface area contributed by atoms with E-state index in [-0.39, 0.29) is 5.60 Å². The van der Waals surface area contributed by atoms with E-state index in [4.69, 9.17) is 4.74 Å². The van der Waals surface area contributed by atoms with Gasteiger partial charge in [-0.15, -0.1) is 11.3 Å². The van der Waals surface area contributed by atoms with Crippen molar-refractivity contribution in [3.8, 4) is 0 Å². The van der Waals surface area contributed by atoms with E-state index in [2.05, 4.69) is 30.6 Å². The molecule has 1 aromatic rings. The number of aryl methyl sites for hydroxylation is 1. The molecule has 1 aromatic heterocycles. The van der Waals surface area contributed by atoms with Gasteiger partial charge < -0.3 is 10.1 Å². The zero-order chi connectivity index (χ0) is 13.7. The Hall–Kier alpha value is -0.380. The first-order chi connectivity index (χ1) is 9.23. The number of rotatable bonds is 6. The van der Waals surface area contributed by atoms with E-state index < -0.39 is 0 Å². The third-order valence-corrected chi connectivity index (χ3v) is 5.30. The summed E-state index contributed by atoms with van der Waals surface area (Å²) >= 11 is 1.84. The van der Waals surface area contributed by atoms with E-state index in [1.54, 1.807) is 0 Å². The van der Waals surface area contributed by atoms with Crippen LogP contribution in [0.5, 0.6) is 0 Å². The molecule has 0 aliphatic heterocycles. The molecular formula is C16H27NOS. The van der Waals surface area contributed by atoms with Crippen LogP contribution < -0.4 is 5.32 Å². The van der Waals surface area contributed by atoms with Crippen LogP contribution >= 0.6 is 11.3 Å². The first-order valence-corrected chi connectivity index (χ1v) is 8.44. The van der Waals surface area contributed by atoms with Crippen molar-refractivity contribution in [3.05, 3.63) is 21.9 Å². The lowest BCUT2D eigenvalue weighted by Crippen LogP contribution is -2.47. The predicted octanol–water partition coefficient (Wildman–Crippen LogP) is 4.45. The van der Waals surface area contributed by atoms with Gasteiger partial charge in [-0.25, -0.2) is 0 Å². The van der Waals surface area contributed by atoms with Gasteiger partial charge in [-0.05, 0) is 49.7 Å². The Labute approximate surface area is 121 Å². The number of hydrogen-bond donors (Lipinski definition) is 1. The largest absolute Gasteiger partial charge is 0.376 e. The van der Waals surface area contributed by atoms with Crippen LogP contribution in [0.25, 0.3) is 0 Å². The van der Waals surface area contributed by atoms with Gasteiger partial charge in [0.15, 0.2) is 0 Å². The summed E-state index contributed by atoms with van der Waals surface area (Å²) in [5.74, 6) is 0. The standard InChI is InChI=1S/C16H27NOS/c1-4-11-17-15(14-8-12-19-13(14)2)16(18-3)9-6-5-7-10-16/h8,12,15,17H,4-7,9-11H2,1-3H3. The SMILES string of the molecule is CCCNC(c1ccsc1C)C1(OC)CCCCC1. The molecule has 1 fully saturated rings. The van der Waals surface area contributed by atoms with E-state index in [1.807, 2.05) is 18.4 Å². The van der Waals surface area contributed by atoms with Gasteiger partial charge in [0.25, 0.3) is 0 Å². The summed E-state index contributed by atoms with van der Waals surface area (Å²) in [5.41, 5.74) is 1.45. The molecule has 2 nitrogen and oxygen atoms in total. The third-order valence-electron chi connectivity index (χ3n) is 4.44. The van der Waals surface area contributed by atoms with Crippen molar-refractivity contribution >= 4 is 11.3 Å². The highest BCUT2D eigenvalue weighted by Crippen LogP contribution is 2.42. The first kappa shape index (κ1) is 15.0. The van der Waals surface area contributed by atoms with Gasteiger partial charge in [0.2, 0.25) is 0 Å². The van der Waals surface area contributed by atoms with Crippen LogP contribution in [-0.4, -0.2) is 19.3 Å². The fraction of sp³-hybridized carbons (Fsp3) is 0.750. The first-order valence-electron chi connectivity index (χ1n) is 7.56. The second-order valence-electron chi connectivity index (χ2n) is 5.65. The monoisotopic (exact) mass is 281 g/mol. The summed E-state index contributed by atoms with van der Waals surface area (Å²) in [5, 5.41) is 5.96. The van der Waals surface area contributed by atoms with Gasteiger partial charge in [-0.1, -0.05) is 26.2 Å². The summed E-state index contributed by atoms with van der Waals surface area (Å²) in [4.78, 5) is 1.43. The summed E-state index contributed by atoms with van der Waals surface area (Å²) in [6, 6.07) is 2.63. The molecule has 1 unspecified atom stereocenters. The van der Waals surface area contributed by atoms with Crippen LogP contribution in [0.1, 0.15) is 61.9 Å². The van der Waals surface area contributed by atoms with Gasteiger partial charge in [0.05, 0.1) is 11.6 Å². The van der Waals surface area contributed by atoms with Crippen LogP contribution in [-0.2, 0) is 4.74 Å². The average molecular weight is 281 g/mol. The van der Waals surface area contributed by atoms with Crippen LogP contribution in [0.15, 0.2) is 11.4 Å². The number of ether oxygens (including phenoxy) is 1. The van der Waals surface area contributed by atoms with E-state index >= 15 is 0 Å². The lowest BCUT2D eigenvalue weighted by atomic mass is 9.76. The molecule has 0 saturated heterocycles. The average Bonchev–Trinajstić information content (AvgIpc) is 2.86. The minimum atomic E-state index is -0.000741. The van der Waals surface area contributed by atoms with Gasteiger partial charge >= 0.3 is 0 Å². The molecule has 1 aliphatic carbocycles. The quantitative estimate of drug-likeness (QED) is 0.832. The zero-order valence-electron chi connectivity index (χ0n) is 12.5. The maximum absolute atomic E-state index is 6.06. The summed E-state index contributed by atoms with van der Waals surface area (Å²) in [6.45, 7) is 5.52. The zero-order valence-corrected chi connectivity index (χ0v) is 13.3. The Bertz CT molecular complexity index is 382. The molecule has 1 aliphatic rings. The normalized spacial score (nSPS) is 20.4. The Balaban J connectivity index is 2.27. The molecule has 0 spiro atoms. The van der Waals surface area contributed by atoms with E-state index in [9.17, 15) is 0 Å². The minimum absolute atomic E-state index is 0.000741. The molecular weight excluding hydrogens is 254 g/mol. The minimum Gasteiger partial charge on any atom is -0.376 e. The van der Waals surface area contributed by atoms with Crippen molar-refractivity contribution in [2.24, 2.45) is 0 Å². The van der Waals surface area contributed by atoms with Gasteiger partial charge in [-0.3, -0.25) is 0 Å². The molecule has 1 saturated carbocycles. The van der Waals surface area contributed by atoms with E-state index in [1.165, 1.54) is 49.0 Å². The smallest absolute Gasteiger partial charge is 0.0872 e. The fourth-order valence-electron chi connectivity index (χ4n) is 3.32. The molecule has 0 radical (unpaired) electrons. The highest BCUT2D eigenvalue weighted by atomic mass is 32.1. The van der Waals surface area contributed by atoms with Crippen molar-refractivity contribution in [2.45, 2.75) is 64.0 Å². The maximum Gasteiger partial charge on any atom is 0.0872 e. The number of hydrogen-bond acceptors (Lipinski definition) is 3. The van der Waals surface area contributed by atoms with Crippen LogP contribution in [0, 0.1) is 6.92 Å². The van der Waals surface area contributed by atoms with Crippen molar-refractivity contribution in [1.29, 1.82) is 0 Å². The second kappa shape index (κ2) is 6.87. The molecule has 1 N–H and O–H groups in total. The highest BCUT2D eigenvalue weighted by molar-refractivity contribution is 7.10. The van der Waals surface area contributed by atoms with Gasteiger partial charge in [0, 0.05) is 12.0 Å². The van der Waals surface area contributed by atoms with E-state index in [0.717, 1.165) is 6.54 Å². The fourth-order valence-corrected chi connectivity index (χ4v) is 4.06. The summed E-state index contributed by atoms with van der Waals surface area (Å²) in [6.07, 6.45) is 7.47. The van der Waals surface area contributed by atoms with Crippen LogP contribution in [0.4, 0.5) is 0 Å². The Morgan fingerprint density at radius 1 is 1.37 bits per heavy atom. The molecule has 108 valence electrons. The predicted molar refractivity (Wildman–Crippen MR) is 82.9 cm³/mol. The third kappa shape index (κ3) is 3.21. The van der Waals surface area contributed by atoms with Crippen LogP contribution in [0.3, 0.4) is 0 Å². The maximum atomic E-state index is 6.06. The number of nitrogens with one attached hydrogen (secondary N) is 1. The lowest BCUT2D eigenvalue weighted by Gasteiger charge is -2.43. The van der Waals surface area contributed by atoms with Gasteiger partial charge in [-0.2, -0.15) is 0 Å². The van der Waals surface area contributed by atoms with Crippen molar-refractivity contribution < 1.29 is 4.74 Å². The highest BCUT2D eigenvalue weighted by Gasteiger charge is 2.41. The Morgan fingerprint density at radius 2 is 2.11 bits per heavy atom. The number of methoxy groups -OCH3 is 1. The molecule has 1 atom stereocenters. The second-order valence-corrected chi connectivity index (χ2v) is 6.77. The lowest BCUT2D eigenvalue weighted by molar-refractivity contribution is -0.0687. The molecule has 0 aromatic carbocycles. The van der Waals surface area contributed by atoms with Crippen LogP contribution in [0.2, 0.25) is 0 Å². The summed E-state index contributed by atoms with van der Waals surface area (Å²) < 4.78 is 6.06. The summed E-state index contributed by atoms with van der Waals surface area (Å²) in [7, 11) is 1.90. The Kier molecular flexibility index (Phi) is 5.43. The number of thiophene rings is 1. The topological polar surface area (TPSA) is 21.3 Å². The molecule has 19 heavy (non-hydrogen) atoms. The molecule has 0 amide bonds. The molecule has 0 bridgehead atoms. The van der Waals surface area contributed by atoms with E-state index in [0.29, 0.717) is 6.04 Å². The molecule has 3 heteroatoms. The molecule has 2 rings (SSSR count).